The van der Waals surface area contributed by atoms with Gasteiger partial charge in [-0.05, 0) is 43.7 Å². The molecule has 0 aromatic heterocycles. The van der Waals surface area contributed by atoms with Crippen LogP contribution >= 0.6 is 24.0 Å². The first-order valence-corrected chi connectivity index (χ1v) is 9.90. The van der Waals surface area contributed by atoms with Crippen LogP contribution in [0, 0.1) is 0 Å². The lowest BCUT2D eigenvalue weighted by Crippen LogP contribution is -2.39. The van der Waals surface area contributed by atoms with Crippen molar-refractivity contribution in [1.82, 2.24) is 10.6 Å². The van der Waals surface area contributed by atoms with Crippen LogP contribution < -0.4 is 15.5 Å². The van der Waals surface area contributed by atoms with Gasteiger partial charge < -0.3 is 20.3 Å². The molecule has 2 N–H and O–H groups in total. The van der Waals surface area contributed by atoms with E-state index in [1.54, 1.807) is 5.57 Å². The Balaban J connectivity index is 0.00000261. The number of benzene rings is 1. The van der Waals surface area contributed by atoms with E-state index in [1.165, 1.54) is 36.9 Å². The predicted octanol–water partition coefficient (Wildman–Crippen LogP) is 3.70. The van der Waals surface area contributed by atoms with Crippen molar-refractivity contribution in [2.24, 2.45) is 4.99 Å². The highest BCUT2D eigenvalue weighted by atomic mass is 127. The van der Waals surface area contributed by atoms with E-state index < -0.39 is 0 Å². The second-order valence-corrected chi connectivity index (χ2v) is 6.94. The van der Waals surface area contributed by atoms with Gasteiger partial charge >= 0.3 is 0 Å². The van der Waals surface area contributed by atoms with Crippen molar-refractivity contribution in [3.05, 3.63) is 41.5 Å². The lowest BCUT2D eigenvalue weighted by Gasteiger charge is -2.30. The van der Waals surface area contributed by atoms with Crippen LogP contribution in [-0.2, 0) is 11.3 Å². The molecule has 0 saturated carbocycles. The minimum atomic E-state index is 0. The third-order valence-electron chi connectivity index (χ3n) is 5.14. The van der Waals surface area contributed by atoms with E-state index in [4.69, 9.17) is 4.74 Å². The summed E-state index contributed by atoms with van der Waals surface area (Å²) in [5, 5.41) is 6.91. The van der Waals surface area contributed by atoms with E-state index in [2.05, 4.69) is 50.9 Å². The third kappa shape index (κ3) is 6.99. The van der Waals surface area contributed by atoms with E-state index in [0.29, 0.717) is 0 Å². The number of anilines is 1. The summed E-state index contributed by atoms with van der Waals surface area (Å²) >= 11 is 0. The maximum absolute atomic E-state index is 5.48. The molecule has 2 aliphatic rings. The van der Waals surface area contributed by atoms with Crippen LogP contribution in [0.4, 0.5) is 5.69 Å². The van der Waals surface area contributed by atoms with Crippen molar-refractivity contribution >= 4 is 35.6 Å². The van der Waals surface area contributed by atoms with E-state index in [-0.39, 0.29) is 24.0 Å². The number of nitrogens with one attached hydrogen (secondary N) is 2. The maximum Gasteiger partial charge on any atom is 0.191 e. The zero-order valence-electron chi connectivity index (χ0n) is 16.4. The smallest absolute Gasteiger partial charge is 0.191 e. The largest absolute Gasteiger partial charge is 0.378 e. The Morgan fingerprint density at radius 3 is 2.70 bits per heavy atom. The fraction of sp³-hybridized carbons (Fsp3) is 0.571. The van der Waals surface area contributed by atoms with Crippen LogP contribution in [0.3, 0.4) is 0 Å². The molecular formula is C21H33IN4O. The first-order valence-electron chi connectivity index (χ1n) is 9.90. The predicted molar refractivity (Wildman–Crippen MR) is 124 cm³/mol. The van der Waals surface area contributed by atoms with Crippen LogP contribution in [0.5, 0.6) is 0 Å². The molecule has 0 bridgehead atoms. The van der Waals surface area contributed by atoms with Gasteiger partial charge in [0.25, 0.3) is 0 Å². The lowest BCUT2D eigenvalue weighted by molar-refractivity contribution is 0.122. The summed E-state index contributed by atoms with van der Waals surface area (Å²) in [5.41, 5.74) is 4.19. The molecule has 1 fully saturated rings. The minimum absolute atomic E-state index is 0. The number of hydrogen-bond acceptors (Lipinski definition) is 3. The SMILES string of the molecule is CN=C(NCCC1=CCCCC1)NCc1ccccc1N1CCOCC1.I. The minimum Gasteiger partial charge on any atom is -0.378 e. The number of ether oxygens (including phenoxy) is 1. The molecule has 1 aromatic rings. The molecule has 0 unspecified atom stereocenters. The highest BCUT2D eigenvalue weighted by Gasteiger charge is 2.14. The Hall–Kier alpha value is -1.28. The third-order valence-corrected chi connectivity index (χ3v) is 5.14. The van der Waals surface area contributed by atoms with Crippen LogP contribution in [0.2, 0.25) is 0 Å². The van der Waals surface area contributed by atoms with Crippen molar-refractivity contribution in [2.75, 3.05) is 44.8 Å². The summed E-state index contributed by atoms with van der Waals surface area (Å²) in [6.45, 7) is 5.24. The Kier molecular flexibility index (Phi) is 9.97. The summed E-state index contributed by atoms with van der Waals surface area (Å²) in [6, 6.07) is 8.61. The molecule has 1 saturated heterocycles. The molecule has 1 heterocycles. The van der Waals surface area contributed by atoms with Crippen LogP contribution in [0.15, 0.2) is 40.9 Å². The van der Waals surface area contributed by atoms with Gasteiger partial charge in [-0.15, -0.1) is 24.0 Å². The number of rotatable bonds is 6. The molecular weight excluding hydrogens is 451 g/mol. The van der Waals surface area contributed by atoms with Gasteiger partial charge in [-0.1, -0.05) is 29.8 Å². The highest BCUT2D eigenvalue weighted by Crippen LogP contribution is 2.21. The van der Waals surface area contributed by atoms with Gasteiger partial charge in [0, 0.05) is 38.9 Å². The second-order valence-electron chi connectivity index (χ2n) is 6.94. The van der Waals surface area contributed by atoms with Crippen LogP contribution in [-0.4, -0.2) is 45.9 Å². The number of hydrogen-bond donors (Lipinski definition) is 2. The summed E-state index contributed by atoms with van der Waals surface area (Å²) in [4.78, 5) is 6.78. The number of allylic oxidation sites excluding steroid dienone is 1. The van der Waals surface area contributed by atoms with E-state index >= 15 is 0 Å². The van der Waals surface area contributed by atoms with Crippen molar-refractivity contribution in [2.45, 2.75) is 38.6 Å². The van der Waals surface area contributed by atoms with Gasteiger partial charge in [0.2, 0.25) is 0 Å². The Morgan fingerprint density at radius 1 is 1.15 bits per heavy atom. The van der Waals surface area contributed by atoms with Crippen molar-refractivity contribution < 1.29 is 4.74 Å². The van der Waals surface area contributed by atoms with Crippen molar-refractivity contribution in [1.29, 1.82) is 0 Å². The van der Waals surface area contributed by atoms with Crippen molar-refractivity contribution in [3.8, 4) is 0 Å². The molecule has 27 heavy (non-hydrogen) atoms. The van der Waals surface area contributed by atoms with E-state index in [9.17, 15) is 0 Å². The quantitative estimate of drug-likeness (QED) is 0.280. The summed E-state index contributed by atoms with van der Waals surface area (Å²) in [5.74, 6) is 0.873. The summed E-state index contributed by atoms with van der Waals surface area (Å²) in [6.07, 6.45) is 8.74. The zero-order chi connectivity index (χ0) is 18.0. The maximum atomic E-state index is 5.48. The molecule has 3 rings (SSSR count). The molecule has 1 aliphatic heterocycles. The molecule has 150 valence electrons. The average molecular weight is 484 g/mol. The number of guanidine groups is 1. The first-order chi connectivity index (χ1) is 12.9. The Morgan fingerprint density at radius 2 is 1.96 bits per heavy atom. The molecule has 0 spiro atoms. The van der Waals surface area contributed by atoms with Gasteiger partial charge in [-0.25, -0.2) is 0 Å². The standard InChI is InChI=1S/C21H32N4O.HI/c1-22-21(23-12-11-18-7-3-2-4-8-18)24-17-19-9-5-6-10-20(19)25-13-15-26-16-14-25;/h5-7,9-10H,2-4,8,11-17H2,1H3,(H2,22,23,24);1H. The first kappa shape index (κ1) is 22.0. The molecule has 1 aromatic carbocycles. The van der Waals surface area contributed by atoms with E-state index in [1.807, 2.05) is 7.05 Å². The van der Waals surface area contributed by atoms with Crippen LogP contribution in [0.1, 0.15) is 37.7 Å². The van der Waals surface area contributed by atoms with Gasteiger partial charge in [-0.2, -0.15) is 0 Å². The van der Waals surface area contributed by atoms with Gasteiger partial charge in [0.05, 0.1) is 13.2 Å². The molecule has 6 heteroatoms. The second kappa shape index (κ2) is 12.2. The fourth-order valence-electron chi connectivity index (χ4n) is 3.65. The Labute approximate surface area is 180 Å². The van der Waals surface area contributed by atoms with E-state index in [0.717, 1.165) is 51.8 Å². The normalized spacial score (nSPS) is 17.7. The Bertz CT molecular complexity index is 626. The fourth-order valence-corrected chi connectivity index (χ4v) is 3.65. The molecule has 5 nitrogen and oxygen atoms in total. The molecule has 0 radical (unpaired) electrons. The number of para-hydroxylation sites is 1. The average Bonchev–Trinajstić information content (AvgIpc) is 2.72. The highest BCUT2D eigenvalue weighted by molar-refractivity contribution is 14.0. The van der Waals surface area contributed by atoms with Gasteiger partial charge in [0.1, 0.15) is 0 Å². The summed E-state index contributed by atoms with van der Waals surface area (Å²) in [7, 11) is 1.84. The van der Waals surface area contributed by atoms with Gasteiger partial charge in [0.15, 0.2) is 5.96 Å². The molecule has 1 aliphatic carbocycles. The molecule has 0 amide bonds. The van der Waals surface area contributed by atoms with Crippen LogP contribution in [0.25, 0.3) is 0 Å². The molecule has 0 atom stereocenters. The number of halogens is 1. The monoisotopic (exact) mass is 484 g/mol. The number of morpholine rings is 1. The van der Waals surface area contributed by atoms with Crippen molar-refractivity contribution in [3.63, 3.8) is 0 Å². The topological polar surface area (TPSA) is 48.9 Å². The number of nitrogens with zero attached hydrogens (tertiary/aromatic N) is 2. The lowest BCUT2D eigenvalue weighted by atomic mass is 9.97. The van der Waals surface area contributed by atoms with Gasteiger partial charge in [-0.3, -0.25) is 4.99 Å². The summed E-state index contributed by atoms with van der Waals surface area (Å²) < 4.78 is 5.48. The zero-order valence-corrected chi connectivity index (χ0v) is 18.7. The number of aliphatic imine (C=N–C) groups is 1.